The van der Waals surface area contributed by atoms with Crippen LogP contribution < -0.4 is 0 Å². The molecule has 0 rings (SSSR count). The van der Waals surface area contributed by atoms with Crippen LogP contribution in [-0.2, 0) is 23.8 Å². The third kappa shape index (κ3) is 16.5. The number of carbonyl (C=O) groups is 2. The fourth-order valence-electron chi connectivity index (χ4n) is 1.44. The molecule has 0 fully saturated rings. The Morgan fingerprint density at radius 3 is 2.39 bits per heavy atom. The number of hydrogen-bond acceptors (Lipinski definition) is 5. The molecule has 132 valence electrons. The summed E-state index contributed by atoms with van der Waals surface area (Å²) in [5.74, 6) is -1.21. The van der Waals surface area contributed by atoms with Crippen molar-refractivity contribution < 1.29 is 28.9 Å². The second-order valence-electron chi connectivity index (χ2n) is 5.96. The van der Waals surface area contributed by atoms with Crippen LogP contribution in [0.1, 0.15) is 40.0 Å². The molecule has 6 heteroatoms. The molecule has 0 amide bonds. The van der Waals surface area contributed by atoms with Crippen LogP contribution in [0.3, 0.4) is 0 Å². The molecule has 0 radical (unpaired) electrons. The van der Waals surface area contributed by atoms with Crippen molar-refractivity contribution in [1.29, 1.82) is 0 Å². The van der Waals surface area contributed by atoms with Gasteiger partial charge in [0.05, 0.1) is 31.8 Å². The average molecular weight is 328 g/mol. The Hall–Kier alpha value is -1.66. The third-order valence-electron chi connectivity index (χ3n) is 2.57. The van der Waals surface area contributed by atoms with Gasteiger partial charge in [0.25, 0.3) is 0 Å². The Kier molecular flexibility index (Phi) is 11.0. The molecule has 23 heavy (non-hydrogen) atoms. The summed E-state index contributed by atoms with van der Waals surface area (Å²) in [6.45, 7) is 11.0. The van der Waals surface area contributed by atoms with Gasteiger partial charge >= 0.3 is 11.9 Å². The summed E-state index contributed by atoms with van der Waals surface area (Å²) in [6, 6.07) is 0. The average Bonchev–Trinajstić information content (AvgIpc) is 2.44. The first-order valence-electron chi connectivity index (χ1n) is 7.64. The highest BCUT2D eigenvalue weighted by Gasteiger charge is 2.09. The number of carbonyl (C=O) groups excluding carboxylic acids is 1. The summed E-state index contributed by atoms with van der Waals surface area (Å²) in [6.07, 6.45) is 3.91. The van der Waals surface area contributed by atoms with Gasteiger partial charge in [0.1, 0.15) is 6.61 Å². The minimum absolute atomic E-state index is 0.0409. The first-order chi connectivity index (χ1) is 10.7. The minimum Gasteiger partial charge on any atom is -0.481 e. The minimum atomic E-state index is -0.862. The SMILES string of the molecule is C=C(/C=C\COC(=O)CCOCCOC(C)(C)C)CCC(=O)O. The number of carboxylic acids is 1. The lowest BCUT2D eigenvalue weighted by atomic mass is 10.1. The van der Waals surface area contributed by atoms with E-state index in [2.05, 4.69) is 6.58 Å². The molecule has 0 saturated carbocycles. The normalized spacial score (nSPS) is 11.6. The Morgan fingerprint density at radius 2 is 1.78 bits per heavy atom. The van der Waals surface area contributed by atoms with Gasteiger partial charge in [-0.05, 0) is 33.3 Å². The highest BCUT2D eigenvalue weighted by Crippen LogP contribution is 2.06. The third-order valence-corrected chi connectivity index (χ3v) is 2.57. The zero-order chi connectivity index (χ0) is 17.7. The lowest BCUT2D eigenvalue weighted by Crippen LogP contribution is -2.22. The number of ether oxygens (including phenoxy) is 3. The number of aliphatic carboxylic acids is 1. The maximum absolute atomic E-state index is 11.4. The Bertz CT molecular complexity index is 406. The van der Waals surface area contributed by atoms with Gasteiger partial charge in [-0.3, -0.25) is 9.59 Å². The van der Waals surface area contributed by atoms with E-state index in [4.69, 9.17) is 19.3 Å². The van der Waals surface area contributed by atoms with Crippen LogP contribution in [0.2, 0.25) is 0 Å². The van der Waals surface area contributed by atoms with E-state index in [9.17, 15) is 9.59 Å². The van der Waals surface area contributed by atoms with E-state index in [0.29, 0.717) is 31.8 Å². The fraction of sp³-hybridized carbons (Fsp3) is 0.647. The number of esters is 1. The molecule has 0 bridgehead atoms. The second kappa shape index (κ2) is 11.8. The Labute approximate surface area is 138 Å². The van der Waals surface area contributed by atoms with Crippen molar-refractivity contribution in [1.82, 2.24) is 0 Å². The molecule has 6 nitrogen and oxygen atoms in total. The highest BCUT2D eigenvalue weighted by atomic mass is 16.5. The van der Waals surface area contributed by atoms with Crippen LogP contribution in [-0.4, -0.2) is 49.1 Å². The number of carboxylic acid groups (broad SMARTS) is 1. The second-order valence-corrected chi connectivity index (χ2v) is 5.96. The van der Waals surface area contributed by atoms with Crippen molar-refractivity contribution >= 4 is 11.9 Å². The highest BCUT2D eigenvalue weighted by molar-refractivity contribution is 5.69. The van der Waals surface area contributed by atoms with E-state index < -0.39 is 5.97 Å². The number of rotatable bonds is 12. The molecule has 0 aliphatic heterocycles. The molecule has 0 aliphatic rings. The van der Waals surface area contributed by atoms with Gasteiger partial charge in [0, 0.05) is 6.42 Å². The van der Waals surface area contributed by atoms with E-state index in [0.717, 1.165) is 0 Å². The number of allylic oxidation sites excluding steroid dienone is 2. The monoisotopic (exact) mass is 328 g/mol. The molecule has 0 unspecified atom stereocenters. The zero-order valence-corrected chi connectivity index (χ0v) is 14.3. The van der Waals surface area contributed by atoms with Crippen LogP contribution in [0, 0.1) is 0 Å². The largest absolute Gasteiger partial charge is 0.481 e. The zero-order valence-electron chi connectivity index (χ0n) is 14.3. The van der Waals surface area contributed by atoms with Crippen molar-refractivity contribution in [3.05, 3.63) is 24.3 Å². The standard InChI is InChI=1S/C17H28O6/c1-14(7-8-15(18)19)6-5-10-22-16(20)9-11-21-12-13-23-17(2,3)4/h5-6H,1,7-13H2,2-4H3,(H,18,19)/b6-5-. The maximum atomic E-state index is 11.4. The molecule has 0 heterocycles. The van der Waals surface area contributed by atoms with Crippen LogP contribution in [0.4, 0.5) is 0 Å². The van der Waals surface area contributed by atoms with E-state index >= 15 is 0 Å². The lowest BCUT2D eigenvalue weighted by molar-refractivity contribution is -0.144. The summed E-state index contributed by atoms with van der Waals surface area (Å²) in [5.41, 5.74) is 0.494. The van der Waals surface area contributed by atoms with Crippen molar-refractivity contribution in [3.8, 4) is 0 Å². The molecule has 0 atom stereocenters. The first-order valence-corrected chi connectivity index (χ1v) is 7.64. The van der Waals surface area contributed by atoms with Crippen LogP contribution in [0.5, 0.6) is 0 Å². The van der Waals surface area contributed by atoms with Gasteiger partial charge in [-0.25, -0.2) is 0 Å². The van der Waals surface area contributed by atoms with Gasteiger partial charge in [0.15, 0.2) is 0 Å². The summed E-state index contributed by atoms with van der Waals surface area (Å²) < 4.78 is 15.7. The quantitative estimate of drug-likeness (QED) is 0.337. The van der Waals surface area contributed by atoms with Crippen molar-refractivity contribution in [3.63, 3.8) is 0 Å². The molecular weight excluding hydrogens is 300 g/mol. The maximum Gasteiger partial charge on any atom is 0.308 e. The van der Waals surface area contributed by atoms with Gasteiger partial charge in [-0.15, -0.1) is 0 Å². The van der Waals surface area contributed by atoms with Crippen LogP contribution in [0.15, 0.2) is 24.3 Å². The first kappa shape index (κ1) is 21.3. The van der Waals surface area contributed by atoms with E-state index in [1.54, 1.807) is 12.2 Å². The summed E-state index contributed by atoms with van der Waals surface area (Å²) in [5, 5.41) is 8.53. The molecular formula is C17H28O6. The molecule has 0 aliphatic carbocycles. The molecule has 0 spiro atoms. The summed E-state index contributed by atoms with van der Waals surface area (Å²) in [7, 11) is 0. The molecule has 0 saturated heterocycles. The molecule has 0 aromatic heterocycles. The molecule has 1 N–H and O–H groups in total. The van der Waals surface area contributed by atoms with Gasteiger partial charge < -0.3 is 19.3 Å². The van der Waals surface area contributed by atoms with E-state index in [1.807, 2.05) is 20.8 Å². The van der Waals surface area contributed by atoms with E-state index in [-0.39, 0.29) is 31.0 Å². The Balaban J connectivity index is 3.57. The van der Waals surface area contributed by atoms with Gasteiger partial charge in [-0.2, -0.15) is 0 Å². The molecule has 0 aromatic rings. The topological polar surface area (TPSA) is 82.1 Å². The lowest BCUT2D eigenvalue weighted by Gasteiger charge is -2.19. The van der Waals surface area contributed by atoms with Crippen molar-refractivity contribution in [2.24, 2.45) is 0 Å². The van der Waals surface area contributed by atoms with E-state index in [1.165, 1.54) is 0 Å². The van der Waals surface area contributed by atoms with Crippen molar-refractivity contribution in [2.75, 3.05) is 26.4 Å². The van der Waals surface area contributed by atoms with Crippen LogP contribution in [0.25, 0.3) is 0 Å². The predicted molar refractivity (Wildman–Crippen MR) is 87.2 cm³/mol. The van der Waals surface area contributed by atoms with Crippen LogP contribution >= 0.6 is 0 Å². The van der Waals surface area contributed by atoms with Gasteiger partial charge in [-0.1, -0.05) is 18.2 Å². The fourth-order valence-corrected chi connectivity index (χ4v) is 1.44. The molecule has 0 aromatic carbocycles. The summed E-state index contributed by atoms with van der Waals surface area (Å²) >= 11 is 0. The van der Waals surface area contributed by atoms with Gasteiger partial charge in [0.2, 0.25) is 0 Å². The van der Waals surface area contributed by atoms with Crippen molar-refractivity contribution in [2.45, 2.75) is 45.6 Å². The number of hydrogen-bond donors (Lipinski definition) is 1. The predicted octanol–water partition coefficient (Wildman–Crippen LogP) is 2.73. The smallest absolute Gasteiger partial charge is 0.308 e. The Morgan fingerprint density at radius 1 is 1.09 bits per heavy atom. The summed E-state index contributed by atoms with van der Waals surface area (Å²) in [4.78, 5) is 21.8.